The third-order valence-corrected chi connectivity index (χ3v) is 7.61. The zero-order valence-electron chi connectivity index (χ0n) is 13.8. The first-order valence-electron chi connectivity index (χ1n) is 8.72. The molecular formula is C19H19FN2O2S. The number of hydrogen-bond donors (Lipinski definition) is 0. The second-order valence-corrected chi connectivity index (χ2v) is 8.98. The maximum atomic E-state index is 13.6. The smallest absolute Gasteiger partial charge is 0.207 e. The summed E-state index contributed by atoms with van der Waals surface area (Å²) in [7, 11) is -3.57. The Morgan fingerprint density at radius 2 is 1.68 bits per heavy atom. The lowest BCUT2D eigenvalue weighted by Gasteiger charge is -2.33. The Hall–Kier alpha value is -1.92. The van der Waals surface area contributed by atoms with Crippen molar-refractivity contribution in [1.82, 2.24) is 4.90 Å². The topological polar surface area (TPSA) is 40.6 Å². The van der Waals surface area contributed by atoms with E-state index >= 15 is 0 Å². The van der Waals surface area contributed by atoms with E-state index in [2.05, 4.69) is 9.80 Å². The molecule has 0 saturated carbocycles. The lowest BCUT2D eigenvalue weighted by molar-refractivity contribution is 0.250. The minimum atomic E-state index is -3.57. The molecule has 2 bridgehead atoms. The molecule has 4 heterocycles. The number of benzene rings is 2. The number of piperidine rings is 1. The molecule has 0 amide bonds. The standard InChI is InChI=1S/C19H19FN2O2S/c20-13-1-4-18-17(11-13)16-3-2-15(12-19(16)25(18,23)24)22-10-9-21-7-5-14(22)6-8-21/h1-4,11-12,14H,5-10H2/i20-1. The zero-order valence-corrected chi connectivity index (χ0v) is 14.6. The lowest BCUT2D eigenvalue weighted by Crippen LogP contribution is -2.37. The van der Waals surface area contributed by atoms with Crippen molar-refractivity contribution in [1.29, 1.82) is 0 Å². The first kappa shape index (κ1) is 15.3. The molecule has 0 aromatic heterocycles. The van der Waals surface area contributed by atoms with Crippen LogP contribution in [0.25, 0.3) is 11.1 Å². The molecule has 2 aromatic rings. The van der Waals surface area contributed by atoms with Crippen LogP contribution >= 0.6 is 0 Å². The quantitative estimate of drug-likeness (QED) is 0.628. The van der Waals surface area contributed by atoms with Crippen LogP contribution in [0.2, 0.25) is 0 Å². The molecule has 4 aliphatic rings. The summed E-state index contributed by atoms with van der Waals surface area (Å²) >= 11 is 0. The van der Waals surface area contributed by atoms with Gasteiger partial charge in [-0.2, -0.15) is 0 Å². The molecule has 4 nitrogen and oxygen atoms in total. The van der Waals surface area contributed by atoms with Gasteiger partial charge >= 0.3 is 0 Å². The number of anilines is 1. The van der Waals surface area contributed by atoms with Gasteiger partial charge in [-0.05, 0) is 43.2 Å². The molecule has 0 spiro atoms. The monoisotopic (exact) mass is 357 g/mol. The van der Waals surface area contributed by atoms with Crippen LogP contribution in [0.5, 0.6) is 0 Å². The predicted octanol–water partition coefficient (Wildman–Crippen LogP) is 2.92. The Morgan fingerprint density at radius 1 is 0.880 bits per heavy atom. The Labute approximate surface area is 146 Å². The maximum absolute atomic E-state index is 13.6. The molecule has 0 radical (unpaired) electrons. The Morgan fingerprint density at radius 3 is 2.48 bits per heavy atom. The van der Waals surface area contributed by atoms with Gasteiger partial charge in [0.15, 0.2) is 0 Å². The van der Waals surface area contributed by atoms with E-state index < -0.39 is 15.7 Å². The summed E-state index contributed by atoms with van der Waals surface area (Å²) in [6.45, 7) is 4.18. The van der Waals surface area contributed by atoms with Gasteiger partial charge < -0.3 is 9.80 Å². The molecule has 6 heteroatoms. The number of sulfone groups is 1. The molecule has 3 fully saturated rings. The van der Waals surface area contributed by atoms with Crippen LogP contribution in [-0.4, -0.2) is 45.5 Å². The molecule has 6 rings (SSSR count). The number of hydrogen-bond acceptors (Lipinski definition) is 4. The summed E-state index contributed by atoms with van der Waals surface area (Å²) in [5, 5.41) is 0. The zero-order chi connectivity index (χ0) is 17.2. The third kappa shape index (κ3) is 2.24. The van der Waals surface area contributed by atoms with Crippen molar-refractivity contribution >= 4 is 15.5 Å². The summed E-state index contributed by atoms with van der Waals surface area (Å²) in [6, 6.07) is 10.00. The van der Waals surface area contributed by atoms with Crippen molar-refractivity contribution in [3.63, 3.8) is 0 Å². The van der Waals surface area contributed by atoms with E-state index in [-0.39, 0.29) is 4.90 Å². The molecule has 0 atom stereocenters. The van der Waals surface area contributed by atoms with Gasteiger partial charge in [0.1, 0.15) is 5.82 Å². The first-order valence-corrected chi connectivity index (χ1v) is 10.2. The Kier molecular flexibility index (Phi) is 3.24. The SMILES string of the molecule is O=S1(=O)c2ccc([18F])cc2-c2ccc(N3CCN4CCC3CC4)cc21. The Bertz CT molecular complexity index is 965. The largest absolute Gasteiger partial charge is 0.367 e. The highest BCUT2D eigenvalue weighted by atomic mass is 32.2. The van der Waals surface area contributed by atoms with Crippen molar-refractivity contribution in [3.8, 4) is 11.1 Å². The van der Waals surface area contributed by atoms with Crippen molar-refractivity contribution in [2.45, 2.75) is 28.7 Å². The normalized spacial score (nSPS) is 26.2. The fourth-order valence-electron chi connectivity index (χ4n) is 4.43. The Balaban J connectivity index is 1.62. The van der Waals surface area contributed by atoms with Gasteiger partial charge in [0.25, 0.3) is 0 Å². The van der Waals surface area contributed by atoms with Crippen LogP contribution in [0.4, 0.5) is 10.1 Å². The van der Waals surface area contributed by atoms with Crippen molar-refractivity contribution in [2.24, 2.45) is 0 Å². The van der Waals surface area contributed by atoms with E-state index in [0.717, 1.165) is 44.7 Å². The first-order chi connectivity index (χ1) is 12.0. The average Bonchev–Trinajstić information content (AvgIpc) is 2.83. The summed E-state index contributed by atoms with van der Waals surface area (Å²) in [5.74, 6) is -0.413. The second kappa shape index (κ2) is 5.29. The van der Waals surface area contributed by atoms with Crippen LogP contribution in [0.3, 0.4) is 0 Å². The van der Waals surface area contributed by atoms with Gasteiger partial charge in [0.05, 0.1) is 9.79 Å². The van der Waals surface area contributed by atoms with Gasteiger partial charge in [0.2, 0.25) is 9.84 Å². The highest BCUT2D eigenvalue weighted by Crippen LogP contribution is 2.45. The number of rotatable bonds is 1. The van der Waals surface area contributed by atoms with E-state index in [1.54, 1.807) is 6.07 Å². The molecular weight excluding hydrogens is 338 g/mol. The van der Waals surface area contributed by atoms with Crippen LogP contribution in [0, 0.1) is 5.82 Å². The highest BCUT2D eigenvalue weighted by Gasteiger charge is 2.35. The predicted molar refractivity (Wildman–Crippen MR) is 94.1 cm³/mol. The minimum Gasteiger partial charge on any atom is -0.367 e. The fourth-order valence-corrected chi connectivity index (χ4v) is 6.11. The highest BCUT2D eigenvalue weighted by molar-refractivity contribution is 7.92. The average molecular weight is 357 g/mol. The summed E-state index contributed by atoms with van der Waals surface area (Å²) < 4.78 is 39.4. The van der Waals surface area contributed by atoms with E-state index in [4.69, 9.17) is 0 Å². The van der Waals surface area contributed by atoms with Crippen LogP contribution in [0.15, 0.2) is 46.2 Å². The molecule has 130 valence electrons. The van der Waals surface area contributed by atoms with Crippen molar-refractivity contribution in [2.75, 3.05) is 31.1 Å². The van der Waals surface area contributed by atoms with E-state index in [9.17, 15) is 12.8 Å². The molecule has 4 aliphatic heterocycles. The summed E-state index contributed by atoms with van der Waals surface area (Å²) in [4.78, 5) is 5.35. The van der Waals surface area contributed by atoms with Crippen LogP contribution in [-0.2, 0) is 9.84 Å². The second-order valence-electron chi connectivity index (χ2n) is 7.09. The molecule has 0 unspecified atom stereocenters. The summed E-state index contributed by atoms with van der Waals surface area (Å²) in [6.07, 6.45) is 2.24. The molecule has 3 saturated heterocycles. The van der Waals surface area contributed by atoms with E-state index in [0.29, 0.717) is 22.1 Å². The van der Waals surface area contributed by atoms with E-state index in [1.807, 2.05) is 12.1 Å². The number of fused-ring (bicyclic) bond motifs is 7. The minimum absolute atomic E-state index is 0.212. The third-order valence-electron chi connectivity index (χ3n) is 5.76. The van der Waals surface area contributed by atoms with E-state index in [1.165, 1.54) is 18.2 Å². The van der Waals surface area contributed by atoms with Gasteiger partial charge in [-0.15, -0.1) is 0 Å². The number of nitrogens with zero attached hydrogens (tertiary/aromatic N) is 2. The van der Waals surface area contributed by atoms with Gasteiger partial charge in [0, 0.05) is 49.0 Å². The van der Waals surface area contributed by atoms with Crippen LogP contribution in [0.1, 0.15) is 12.8 Å². The lowest BCUT2D eigenvalue weighted by atomic mass is 10.0. The molecule has 0 aliphatic carbocycles. The summed E-state index contributed by atoms with van der Waals surface area (Å²) in [5.41, 5.74) is 2.05. The van der Waals surface area contributed by atoms with Gasteiger partial charge in [-0.3, -0.25) is 0 Å². The van der Waals surface area contributed by atoms with Crippen LogP contribution < -0.4 is 4.90 Å². The number of halogens is 1. The van der Waals surface area contributed by atoms with Crippen molar-refractivity contribution < 1.29 is 12.8 Å². The molecule has 2 aromatic carbocycles. The molecule has 0 N–H and O–H groups in total. The maximum Gasteiger partial charge on any atom is 0.207 e. The molecule has 25 heavy (non-hydrogen) atoms. The van der Waals surface area contributed by atoms with Gasteiger partial charge in [-0.25, -0.2) is 12.8 Å². The van der Waals surface area contributed by atoms with Gasteiger partial charge in [-0.1, -0.05) is 6.07 Å². The van der Waals surface area contributed by atoms with Crippen molar-refractivity contribution in [3.05, 3.63) is 42.2 Å². The fraction of sp³-hybridized carbons (Fsp3) is 0.368.